The van der Waals surface area contributed by atoms with Gasteiger partial charge in [0, 0.05) is 0 Å². The third kappa shape index (κ3) is 12.0. The van der Waals surface area contributed by atoms with Crippen molar-refractivity contribution in [3.05, 3.63) is 369 Å². The third-order valence-corrected chi connectivity index (χ3v) is 32.5. The second kappa shape index (κ2) is 29.3. The van der Waals surface area contributed by atoms with Crippen molar-refractivity contribution in [1.82, 2.24) is 0 Å². The van der Waals surface area contributed by atoms with E-state index in [9.17, 15) is 0 Å². The molecule has 88 heavy (non-hydrogen) atoms. The summed E-state index contributed by atoms with van der Waals surface area (Å²) in [5.41, 5.74) is 6.91. The van der Waals surface area contributed by atoms with Crippen LogP contribution in [0.2, 0.25) is 0 Å². The molecule has 0 radical (unpaired) electrons. The zero-order valence-corrected chi connectivity index (χ0v) is 57.3. The number of hydrogen-bond donors (Lipinski definition) is 0. The molecule has 2 heterocycles. The Bertz CT molecular complexity index is 4140. The molecule has 0 aliphatic carbocycles. The first kappa shape index (κ1) is 63.0. The average molecular weight is 1560 g/mol. The maximum absolute atomic E-state index is 7.67. The quantitative estimate of drug-likeness (QED) is 0.0398. The van der Waals surface area contributed by atoms with Gasteiger partial charge >= 0.3 is 44.8 Å². The maximum Gasteiger partial charge on any atom is 1.00 e. The number of benzene rings is 12. The Labute approximate surface area is 556 Å². The Balaban J connectivity index is 0.000000145. The molecule has 0 saturated heterocycles. The van der Waals surface area contributed by atoms with Crippen molar-refractivity contribution in [2.75, 3.05) is 0 Å². The van der Waals surface area contributed by atoms with Gasteiger partial charge in [-0.2, -0.15) is 0 Å². The summed E-state index contributed by atoms with van der Waals surface area (Å²) in [5.74, 6) is 5.19. The Kier molecular flexibility index (Phi) is 21.0. The summed E-state index contributed by atoms with van der Waals surface area (Å²) in [6, 6.07) is 116. The Hall–Kier alpha value is -7.99. The monoisotopic (exact) mass is 1560 g/mol. The fourth-order valence-electron chi connectivity index (χ4n) is 13.2. The summed E-state index contributed by atoms with van der Waals surface area (Å²) in [7, 11) is -7.07. The van der Waals surface area contributed by atoms with Crippen molar-refractivity contribution in [2.45, 2.75) is 13.8 Å². The summed E-state index contributed by atoms with van der Waals surface area (Å²) >= 11 is 0. The van der Waals surface area contributed by atoms with Crippen LogP contribution in [0.3, 0.4) is 0 Å². The van der Waals surface area contributed by atoms with Crippen LogP contribution in [0.25, 0.3) is 22.3 Å². The molecule has 0 fully saturated rings. The summed E-state index contributed by atoms with van der Waals surface area (Å²) in [6.07, 6.45) is 22.1. The van der Waals surface area contributed by atoms with Gasteiger partial charge in [0.2, 0.25) is 0 Å². The number of hydrogen-bond acceptors (Lipinski definition) is 0. The van der Waals surface area contributed by atoms with Crippen LogP contribution < -0.4 is 68.0 Å². The van der Waals surface area contributed by atoms with E-state index >= 15 is 0 Å². The minimum Gasteiger partial charge on any atom is -0.366 e. The topological polar surface area (TPSA) is 0 Å². The van der Waals surface area contributed by atoms with Crippen LogP contribution in [0, 0.1) is 24.7 Å². The fourth-order valence-corrected chi connectivity index (χ4v) is 29.8. The minimum absolute atomic E-state index is 0. The molecule has 0 spiro atoms. The molecule has 0 saturated carbocycles. The molecule has 0 nitrogen and oxygen atoms in total. The second-order valence-electron chi connectivity index (χ2n) is 21.5. The first-order valence-electron chi connectivity index (χ1n) is 29.4. The summed E-state index contributed by atoms with van der Waals surface area (Å²) in [4.78, 5) is 0. The predicted octanol–water partition coefficient (Wildman–Crippen LogP) is 11.8. The molecule has 12 aromatic rings. The standard InChI is InChI=1S/C30H28P2.2C26H17Si.2Au/c1-3-16-25(4-2)31(26-17-8-5-9-18-26)29-23-14-15-24-30(29)32(27-19-10-6-11-20-27)28-21-12-7-13-22-28;2*1-2-20-17-18-24-23-15-9-10-16-25(23)27(26(24)19-20,21-11-5-3-6-12-21)22-13-7-4-8-14-22;;/h3-24H,1-2H3;2*3-19H;;/q;2*-1;2*+1/p+2/b16-3-,25-4+;;;;. The molecule has 12 aromatic carbocycles. The van der Waals surface area contributed by atoms with Gasteiger partial charge in [0.15, 0.2) is 16.1 Å². The van der Waals surface area contributed by atoms with Crippen LogP contribution in [0.5, 0.6) is 0 Å². The van der Waals surface area contributed by atoms with Crippen molar-refractivity contribution in [1.29, 1.82) is 0 Å². The molecule has 6 heteroatoms. The molecule has 2 aliphatic heterocycles. The molecular formula is C82H64Au2P2Si2+2. The Morgan fingerprint density at radius 1 is 0.330 bits per heavy atom. The third-order valence-electron chi connectivity index (χ3n) is 16.8. The zero-order chi connectivity index (χ0) is 58.7. The van der Waals surface area contributed by atoms with Gasteiger partial charge in [-0.3, -0.25) is 11.8 Å². The fraction of sp³-hybridized carbons (Fsp3) is 0.0244. The van der Waals surface area contributed by atoms with Crippen LogP contribution in [0.4, 0.5) is 0 Å². The van der Waals surface area contributed by atoms with Crippen LogP contribution in [-0.4, -0.2) is 16.1 Å². The first-order chi connectivity index (χ1) is 42.5. The van der Waals surface area contributed by atoms with E-state index < -0.39 is 32.0 Å². The van der Waals surface area contributed by atoms with E-state index in [1.54, 1.807) is 0 Å². The van der Waals surface area contributed by atoms with Gasteiger partial charge < -0.3 is 12.8 Å². The SMILES string of the molecule is C/C=C\C(=C/C)[PH+](c1ccccc1)c1ccccc1[PH+](c1ccccc1)c1ccccc1.[Au+].[Au+].[C-]#Cc1ccc2c(c1)[Si](c1ccccc1)(c1ccccc1)c1ccccc1-2.[C-]#Cc1ccc2c(c1)[Si](c1ccccc1)(c1ccccc1)c1ccccc1-2. The molecule has 430 valence electrons. The van der Waals surface area contributed by atoms with Gasteiger partial charge in [-0.15, -0.1) is 35.4 Å². The molecule has 0 bridgehead atoms. The van der Waals surface area contributed by atoms with Crippen LogP contribution in [0.15, 0.2) is 345 Å². The van der Waals surface area contributed by atoms with Gasteiger partial charge in [0.1, 0.15) is 42.4 Å². The van der Waals surface area contributed by atoms with E-state index in [0.717, 1.165) is 11.1 Å². The molecule has 0 amide bonds. The van der Waals surface area contributed by atoms with Crippen LogP contribution in [-0.2, 0) is 44.8 Å². The predicted molar refractivity (Wildman–Crippen MR) is 380 cm³/mol. The van der Waals surface area contributed by atoms with Crippen molar-refractivity contribution in [3.8, 4) is 34.1 Å². The van der Waals surface area contributed by atoms with E-state index in [2.05, 4.69) is 353 Å². The van der Waals surface area contributed by atoms with E-state index in [4.69, 9.17) is 12.8 Å². The zero-order valence-electron chi connectivity index (χ0n) is 48.9. The van der Waals surface area contributed by atoms with E-state index in [1.807, 2.05) is 12.1 Å². The molecule has 2 aliphatic rings. The van der Waals surface area contributed by atoms with Crippen molar-refractivity contribution in [3.63, 3.8) is 0 Å². The van der Waals surface area contributed by atoms with Crippen molar-refractivity contribution in [2.24, 2.45) is 0 Å². The van der Waals surface area contributed by atoms with Gasteiger partial charge in [-0.05, 0) is 128 Å². The van der Waals surface area contributed by atoms with Gasteiger partial charge in [-0.1, -0.05) is 265 Å². The van der Waals surface area contributed by atoms with Gasteiger partial charge in [-0.25, -0.2) is 0 Å². The normalized spacial score (nSPS) is 12.9. The largest absolute Gasteiger partial charge is 1.00 e. The number of rotatable bonds is 11. The summed E-state index contributed by atoms with van der Waals surface area (Å²) in [5, 5.41) is 19.8. The molecular weight excluding hydrogens is 1500 g/mol. The molecule has 14 rings (SSSR count). The van der Waals surface area contributed by atoms with Gasteiger partial charge in [0.05, 0.1) is 5.31 Å². The first-order valence-corrected chi connectivity index (χ1v) is 36.4. The molecule has 0 aromatic heterocycles. The van der Waals surface area contributed by atoms with E-state index in [-0.39, 0.29) is 44.8 Å². The van der Waals surface area contributed by atoms with Crippen molar-refractivity contribution < 1.29 is 44.8 Å². The summed E-state index contributed by atoms with van der Waals surface area (Å²) < 4.78 is 0. The summed E-state index contributed by atoms with van der Waals surface area (Å²) in [6.45, 7) is 4.29. The molecule has 1 unspecified atom stereocenters. The number of allylic oxidation sites excluding steroid dienone is 4. The second-order valence-corrected chi connectivity index (χ2v) is 33.8. The van der Waals surface area contributed by atoms with Crippen LogP contribution in [0.1, 0.15) is 25.0 Å². The molecule has 0 N–H and O–H groups in total. The smallest absolute Gasteiger partial charge is 0.366 e. The average Bonchev–Trinajstić information content (AvgIpc) is 1.58. The minimum atomic E-state index is -2.40. The van der Waals surface area contributed by atoms with Crippen LogP contribution >= 0.6 is 15.8 Å². The van der Waals surface area contributed by atoms with E-state index in [0.29, 0.717) is 0 Å². The van der Waals surface area contributed by atoms with Crippen molar-refractivity contribution >= 4 is 100 Å². The van der Waals surface area contributed by atoms with Gasteiger partial charge in [0.25, 0.3) is 0 Å². The Morgan fingerprint density at radius 3 is 0.989 bits per heavy atom. The Morgan fingerprint density at radius 2 is 0.636 bits per heavy atom. The van der Waals surface area contributed by atoms with E-state index in [1.165, 1.54) is 95.6 Å². The molecule has 1 atom stereocenters. The maximum atomic E-state index is 7.67. The number of fused-ring (bicyclic) bond motifs is 6.